The highest BCUT2D eigenvalue weighted by Crippen LogP contribution is 2.32. The van der Waals surface area contributed by atoms with Crippen LogP contribution in [0.5, 0.6) is 5.88 Å². The van der Waals surface area contributed by atoms with Crippen molar-refractivity contribution in [2.24, 2.45) is 0 Å². The first-order valence-electron chi connectivity index (χ1n) is 5.92. The molecule has 0 saturated heterocycles. The van der Waals surface area contributed by atoms with Gasteiger partial charge in [0.2, 0.25) is 5.88 Å². The topological polar surface area (TPSA) is 101 Å². The Kier molecular flexibility index (Phi) is 3.40. The molecular formula is C13H6ClFN6O. The monoisotopic (exact) mass is 316 g/mol. The van der Waals surface area contributed by atoms with E-state index in [1.165, 1.54) is 29.1 Å². The summed E-state index contributed by atoms with van der Waals surface area (Å²) < 4.78 is 15.7. The number of nitrogens with zero attached hydrogens (tertiary/aromatic N) is 6. The van der Waals surface area contributed by atoms with E-state index in [0.29, 0.717) is 0 Å². The van der Waals surface area contributed by atoms with Crippen LogP contribution in [0.3, 0.4) is 0 Å². The molecule has 9 heteroatoms. The molecule has 2 heterocycles. The van der Waals surface area contributed by atoms with E-state index in [1.807, 2.05) is 6.07 Å². The molecule has 0 spiro atoms. The van der Waals surface area contributed by atoms with Gasteiger partial charge in [-0.1, -0.05) is 16.8 Å². The highest BCUT2D eigenvalue weighted by atomic mass is 35.5. The van der Waals surface area contributed by atoms with Crippen LogP contribution in [0, 0.1) is 17.1 Å². The van der Waals surface area contributed by atoms with Gasteiger partial charge in [0, 0.05) is 6.07 Å². The molecule has 2 aromatic heterocycles. The maximum atomic E-state index is 14.5. The molecule has 3 aromatic rings. The standard InChI is InChI=1S/C13H6ClFN6O/c14-8-1-2-10(21-5-7(4-16)19-20-21)12(13(8)15)9-3-11(22)18-6-17-9/h1-3,5-6H,(H,17,18,22). The second-order valence-corrected chi connectivity index (χ2v) is 4.58. The number of aromatic nitrogens is 5. The fraction of sp³-hybridized carbons (Fsp3) is 0. The molecule has 108 valence electrons. The largest absolute Gasteiger partial charge is 0.493 e. The molecule has 3 rings (SSSR count). The van der Waals surface area contributed by atoms with Gasteiger partial charge in [-0.2, -0.15) is 5.26 Å². The van der Waals surface area contributed by atoms with Crippen LogP contribution >= 0.6 is 11.6 Å². The van der Waals surface area contributed by atoms with Crippen molar-refractivity contribution in [2.75, 3.05) is 0 Å². The molecule has 0 amide bonds. The van der Waals surface area contributed by atoms with E-state index in [4.69, 9.17) is 16.9 Å². The zero-order valence-corrected chi connectivity index (χ0v) is 11.5. The van der Waals surface area contributed by atoms with Gasteiger partial charge in [0.05, 0.1) is 28.2 Å². The van der Waals surface area contributed by atoms with E-state index < -0.39 is 5.82 Å². The van der Waals surface area contributed by atoms with Crippen molar-refractivity contribution >= 4 is 11.6 Å². The molecule has 22 heavy (non-hydrogen) atoms. The molecule has 0 aliphatic heterocycles. The Morgan fingerprint density at radius 1 is 1.32 bits per heavy atom. The fourth-order valence-electron chi connectivity index (χ4n) is 1.89. The molecule has 0 unspecified atom stereocenters. The molecule has 0 fully saturated rings. The third-order valence-corrected chi connectivity index (χ3v) is 3.13. The van der Waals surface area contributed by atoms with E-state index in [-0.39, 0.29) is 33.5 Å². The number of benzene rings is 1. The van der Waals surface area contributed by atoms with E-state index in [2.05, 4.69) is 20.3 Å². The van der Waals surface area contributed by atoms with Gasteiger partial charge in [0.25, 0.3) is 0 Å². The van der Waals surface area contributed by atoms with Crippen molar-refractivity contribution in [3.05, 3.63) is 47.3 Å². The van der Waals surface area contributed by atoms with Crippen molar-refractivity contribution < 1.29 is 9.50 Å². The zero-order chi connectivity index (χ0) is 15.7. The Labute approximate surface area is 128 Å². The predicted octanol–water partition coefficient (Wildman–Crippen LogP) is 2.09. The Morgan fingerprint density at radius 3 is 2.82 bits per heavy atom. The Balaban J connectivity index is 2.28. The van der Waals surface area contributed by atoms with Gasteiger partial charge in [-0.05, 0) is 12.1 Å². The Morgan fingerprint density at radius 2 is 2.14 bits per heavy atom. The van der Waals surface area contributed by atoms with Crippen LogP contribution in [0.25, 0.3) is 16.9 Å². The molecule has 7 nitrogen and oxygen atoms in total. The molecule has 1 aromatic carbocycles. The van der Waals surface area contributed by atoms with Crippen molar-refractivity contribution in [1.82, 2.24) is 25.0 Å². The normalized spacial score (nSPS) is 10.4. The lowest BCUT2D eigenvalue weighted by Crippen LogP contribution is -2.02. The van der Waals surface area contributed by atoms with Gasteiger partial charge in [0.1, 0.15) is 12.4 Å². The first-order chi connectivity index (χ1) is 10.6. The first kappa shape index (κ1) is 13.9. The van der Waals surface area contributed by atoms with Crippen molar-refractivity contribution in [1.29, 1.82) is 5.26 Å². The minimum absolute atomic E-state index is 0.0135. The Bertz CT molecular complexity index is 904. The number of hydrogen-bond donors (Lipinski definition) is 1. The number of halogens is 2. The van der Waals surface area contributed by atoms with Crippen molar-refractivity contribution in [3.8, 4) is 28.9 Å². The number of nitriles is 1. The zero-order valence-electron chi connectivity index (χ0n) is 10.8. The van der Waals surface area contributed by atoms with Crippen LogP contribution in [-0.2, 0) is 0 Å². The van der Waals surface area contributed by atoms with Crippen LogP contribution in [0.15, 0.2) is 30.7 Å². The molecule has 0 aliphatic rings. The molecule has 1 N–H and O–H groups in total. The smallest absolute Gasteiger partial charge is 0.214 e. The van der Waals surface area contributed by atoms with Crippen LogP contribution in [0.2, 0.25) is 5.02 Å². The molecule has 0 atom stereocenters. The lowest BCUT2D eigenvalue weighted by Gasteiger charge is -2.10. The highest BCUT2D eigenvalue weighted by molar-refractivity contribution is 6.31. The number of aromatic hydroxyl groups is 1. The van der Waals surface area contributed by atoms with Gasteiger partial charge in [-0.25, -0.2) is 19.0 Å². The number of hydrogen-bond acceptors (Lipinski definition) is 6. The number of rotatable bonds is 2. The molecular weight excluding hydrogens is 311 g/mol. The highest BCUT2D eigenvalue weighted by Gasteiger charge is 2.18. The van der Waals surface area contributed by atoms with Crippen LogP contribution in [0.1, 0.15) is 5.69 Å². The van der Waals surface area contributed by atoms with E-state index in [0.717, 1.165) is 6.33 Å². The van der Waals surface area contributed by atoms with E-state index in [9.17, 15) is 9.50 Å². The van der Waals surface area contributed by atoms with E-state index >= 15 is 0 Å². The SMILES string of the molecule is N#Cc1cn(-c2ccc(Cl)c(F)c2-c2cc(O)ncn2)nn1. The maximum Gasteiger partial charge on any atom is 0.214 e. The summed E-state index contributed by atoms with van der Waals surface area (Å²) in [6.45, 7) is 0. The minimum Gasteiger partial charge on any atom is -0.493 e. The first-order valence-corrected chi connectivity index (χ1v) is 6.30. The van der Waals surface area contributed by atoms with Crippen molar-refractivity contribution in [2.45, 2.75) is 0 Å². The summed E-state index contributed by atoms with van der Waals surface area (Å²) in [5.41, 5.74) is 0.483. The summed E-state index contributed by atoms with van der Waals surface area (Å²) in [5.74, 6) is -1.04. The third-order valence-electron chi connectivity index (χ3n) is 2.84. The van der Waals surface area contributed by atoms with Gasteiger partial charge >= 0.3 is 0 Å². The molecule has 0 aliphatic carbocycles. The summed E-state index contributed by atoms with van der Waals surface area (Å²) in [5, 5.41) is 25.5. The van der Waals surface area contributed by atoms with Crippen LogP contribution in [0.4, 0.5) is 4.39 Å². The second-order valence-electron chi connectivity index (χ2n) is 4.18. The van der Waals surface area contributed by atoms with Gasteiger partial charge in [-0.15, -0.1) is 5.10 Å². The molecule has 0 saturated carbocycles. The second kappa shape index (κ2) is 5.38. The quantitative estimate of drug-likeness (QED) is 0.777. The predicted molar refractivity (Wildman–Crippen MR) is 73.7 cm³/mol. The summed E-state index contributed by atoms with van der Waals surface area (Å²) >= 11 is 5.82. The average Bonchev–Trinajstić information content (AvgIpc) is 2.98. The summed E-state index contributed by atoms with van der Waals surface area (Å²) in [6, 6.07) is 5.89. The van der Waals surface area contributed by atoms with Crippen LogP contribution in [-0.4, -0.2) is 30.1 Å². The summed E-state index contributed by atoms with van der Waals surface area (Å²) in [6.07, 6.45) is 2.43. The Hall–Kier alpha value is -3.05. The van der Waals surface area contributed by atoms with Gasteiger partial charge in [0.15, 0.2) is 11.5 Å². The lowest BCUT2D eigenvalue weighted by atomic mass is 10.1. The third kappa shape index (κ3) is 2.34. The maximum absolute atomic E-state index is 14.5. The fourth-order valence-corrected chi connectivity index (χ4v) is 2.05. The lowest BCUT2D eigenvalue weighted by molar-refractivity contribution is 0.452. The van der Waals surface area contributed by atoms with Gasteiger partial charge in [-0.3, -0.25) is 0 Å². The summed E-state index contributed by atoms with van der Waals surface area (Å²) in [4.78, 5) is 7.48. The van der Waals surface area contributed by atoms with E-state index in [1.54, 1.807) is 0 Å². The van der Waals surface area contributed by atoms with Gasteiger partial charge < -0.3 is 5.11 Å². The summed E-state index contributed by atoms with van der Waals surface area (Å²) in [7, 11) is 0. The van der Waals surface area contributed by atoms with Crippen LogP contribution < -0.4 is 0 Å². The molecule has 0 radical (unpaired) electrons. The minimum atomic E-state index is -0.730. The molecule has 0 bridgehead atoms. The van der Waals surface area contributed by atoms with Crippen molar-refractivity contribution in [3.63, 3.8) is 0 Å². The average molecular weight is 317 g/mol.